The molecule has 0 saturated carbocycles. The number of benzene rings is 2. The van der Waals surface area contributed by atoms with Gasteiger partial charge in [0.25, 0.3) is 0 Å². The van der Waals surface area contributed by atoms with Gasteiger partial charge >= 0.3 is 0 Å². The molecule has 116 valence electrons. The van der Waals surface area contributed by atoms with Crippen LogP contribution in [0.2, 0.25) is 0 Å². The number of hydrogen-bond acceptors (Lipinski definition) is 2. The van der Waals surface area contributed by atoms with Crippen molar-refractivity contribution in [2.45, 2.75) is 33.6 Å². The zero-order valence-corrected chi connectivity index (χ0v) is 13.6. The van der Waals surface area contributed by atoms with E-state index in [0.29, 0.717) is 12.3 Å². The molecule has 0 fully saturated rings. The molecule has 0 aromatic heterocycles. The van der Waals surface area contributed by atoms with Crippen LogP contribution in [0.5, 0.6) is 5.75 Å². The first-order valence-electron chi connectivity index (χ1n) is 7.86. The summed E-state index contributed by atoms with van der Waals surface area (Å²) in [5, 5.41) is 0. The van der Waals surface area contributed by atoms with Gasteiger partial charge in [0, 0.05) is 12.0 Å². The van der Waals surface area contributed by atoms with Crippen LogP contribution in [0.1, 0.15) is 41.8 Å². The predicted octanol–water partition coefficient (Wildman–Crippen LogP) is 4.85. The molecule has 0 atom stereocenters. The molecule has 0 radical (unpaired) electrons. The lowest BCUT2D eigenvalue weighted by atomic mass is 10.0. The van der Waals surface area contributed by atoms with Crippen LogP contribution < -0.4 is 4.74 Å². The van der Waals surface area contributed by atoms with Crippen molar-refractivity contribution in [2.75, 3.05) is 6.61 Å². The van der Waals surface area contributed by atoms with Crippen LogP contribution in [0.15, 0.2) is 48.5 Å². The third kappa shape index (κ3) is 5.03. The lowest BCUT2D eigenvalue weighted by Gasteiger charge is -2.09. The van der Waals surface area contributed by atoms with E-state index < -0.39 is 0 Å². The number of carbonyl (C=O) groups excluding carboxylic acids is 1. The summed E-state index contributed by atoms with van der Waals surface area (Å²) in [5.74, 6) is 1.61. The molecule has 0 aliphatic rings. The average molecular weight is 296 g/mol. The van der Waals surface area contributed by atoms with Crippen molar-refractivity contribution in [3.8, 4) is 5.75 Å². The molecule has 2 aromatic carbocycles. The lowest BCUT2D eigenvalue weighted by molar-refractivity contribution is 0.0983. The van der Waals surface area contributed by atoms with Gasteiger partial charge in [-0.1, -0.05) is 55.8 Å². The summed E-state index contributed by atoms with van der Waals surface area (Å²) < 4.78 is 5.66. The molecule has 2 nitrogen and oxygen atoms in total. The molecule has 0 saturated heterocycles. The highest BCUT2D eigenvalue weighted by molar-refractivity contribution is 5.96. The Bertz CT molecular complexity index is 595. The first-order chi connectivity index (χ1) is 10.5. The van der Waals surface area contributed by atoms with Gasteiger partial charge in [-0.2, -0.15) is 0 Å². The molecule has 2 aromatic rings. The van der Waals surface area contributed by atoms with E-state index in [4.69, 9.17) is 4.74 Å². The molecule has 0 spiro atoms. The quantitative estimate of drug-likeness (QED) is 0.683. The molecule has 22 heavy (non-hydrogen) atoms. The van der Waals surface area contributed by atoms with Crippen LogP contribution in [-0.2, 0) is 6.42 Å². The molecule has 2 rings (SSSR count). The highest BCUT2D eigenvalue weighted by Gasteiger charge is 2.06. The maximum absolute atomic E-state index is 12.1. The number of ether oxygens (including phenoxy) is 1. The normalized spacial score (nSPS) is 10.7. The predicted molar refractivity (Wildman–Crippen MR) is 90.6 cm³/mol. The lowest BCUT2D eigenvalue weighted by Crippen LogP contribution is -2.04. The summed E-state index contributed by atoms with van der Waals surface area (Å²) in [5.41, 5.74) is 3.13. The molecule has 0 unspecified atom stereocenters. The van der Waals surface area contributed by atoms with E-state index >= 15 is 0 Å². The van der Waals surface area contributed by atoms with Gasteiger partial charge < -0.3 is 4.74 Å². The van der Waals surface area contributed by atoms with Crippen LogP contribution in [0.25, 0.3) is 0 Å². The minimum Gasteiger partial charge on any atom is -0.493 e. The fourth-order valence-corrected chi connectivity index (χ4v) is 2.16. The van der Waals surface area contributed by atoms with E-state index in [-0.39, 0.29) is 5.78 Å². The van der Waals surface area contributed by atoms with Gasteiger partial charge in [-0.25, -0.2) is 0 Å². The van der Waals surface area contributed by atoms with Gasteiger partial charge in [-0.05, 0) is 37.0 Å². The number of ketones is 1. The zero-order valence-electron chi connectivity index (χ0n) is 13.6. The van der Waals surface area contributed by atoms with Crippen molar-refractivity contribution < 1.29 is 9.53 Å². The fourth-order valence-electron chi connectivity index (χ4n) is 2.16. The topological polar surface area (TPSA) is 26.3 Å². The van der Waals surface area contributed by atoms with E-state index in [1.54, 1.807) is 0 Å². The van der Waals surface area contributed by atoms with Gasteiger partial charge in [-0.3, -0.25) is 4.79 Å². The van der Waals surface area contributed by atoms with Crippen LogP contribution >= 0.6 is 0 Å². The van der Waals surface area contributed by atoms with Crippen LogP contribution in [0.3, 0.4) is 0 Å². The standard InChI is InChI=1S/C20H24O2/c1-15(2)14-22-19-11-6-17(7-12-19)8-13-20(21)18-9-4-16(3)5-10-18/h4-7,9-12,15H,8,13-14H2,1-3H3. The molecular weight excluding hydrogens is 272 g/mol. The van der Waals surface area contributed by atoms with E-state index in [1.165, 1.54) is 5.56 Å². The van der Waals surface area contributed by atoms with Crippen LogP contribution in [-0.4, -0.2) is 12.4 Å². The van der Waals surface area contributed by atoms with Gasteiger partial charge in [0.1, 0.15) is 5.75 Å². The molecule has 0 N–H and O–H groups in total. The second kappa shape index (κ2) is 7.79. The Balaban J connectivity index is 1.86. The van der Waals surface area contributed by atoms with Gasteiger partial charge in [0.05, 0.1) is 6.61 Å². The first kappa shape index (κ1) is 16.3. The van der Waals surface area contributed by atoms with Crippen molar-refractivity contribution in [1.82, 2.24) is 0 Å². The van der Waals surface area contributed by atoms with Crippen molar-refractivity contribution >= 4 is 5.78 Å². The van der Waals surface area contributed by atoms with Crippen LogP contribution in [0, 0.1) is 12.8 Å². The maximum Gasteiger partial charge on any atom is 0.163 e. The third-order valence-electron chi connectivity index (χ3n) is 3.52. The second-order valence-corrected chi connectivity index (χ2v) is 6.14. The van der Waals surface area contributed by atoms with Crippen LogP contribution in [0.4, 0.5) is 0 Å². The largest absolute Gasteiger partial charge is 0.493 e. The fraction of sp³-hybridized carbons (Fsp3) is 0.350. The monoisotopic (exact) mass is 296 g/mol. The Labute approximate surface area is 133 Å². The number of carbonyl (C=O) groups is 1. The smallest absolute Gasteiger partial charge is 0.163 e. The van der Waals surface area contributed by atoms with Crippen molar-refractivity contribution in [3.63, 3.8) is 0 Å². The number of hydrogen-bond donors (Lipinski definition) is 0. The Morgan fingerprint density at radius 3 is 2.23 bits per heavy atom. The molecule has 0 amide bonds. The Hall–Kier alpha value is -2.09. The Morgan fingerprint density at radius 2 is 1.64 bits per heavy atom. The SMILES string of the molecule is Cc1ccc(C(=O)CCc2ccc(OCC(C)C)cc2)cc1. The molecule has 0 aliphatic heterocycles. The third-order valence-corrected chi connectivity index (χ3v) is 3.52. The van der Waals surface area contributed by atoms with Crippen molar-refractivity contribution in [2.24, 2.45) is 5.92 Å². The second-order valence-electron chi connectivity index (χ2n) is 6.14. The molecule has 0 heterocycles. The summed E-state index contributed by atoms with van der Waals surface area (Å²) in [7, 11) is 0. The molecule has 2 heteroatoms. The summed E-state index contributed by atoms with van der Waals surface area (Å²) in [6, 6.07) is 15.8. The van der Waals surface area contributed by atoms with Gasteiger partial charge in [-0.15, -0.1) is 0 Å². The van der Waals surface area contributed by atoms with Crippen molar-refractivity contribution in [3.05, 3.63) is 65.2 Å². The van der Waals surface area contributed by atoms with Crippen molar-refractivity contribution in [1.29, 1.82) is 0 Å². The van der Waals surface area contributed by atoms with Gasteiger partial charge in [0.15, 0.2) is 5.78 Å². The number of aryl methyl sites for hydroxylation is 2. The minimum atomic E-state index is 0.195. The molecule has 0 aliphatic carbocycles. The van der Waals surface area contributed by atoms with E-state index in [0.717, 1.165) is 29.9 Å². The Morgan fingerprint density at radius 1 is 1.00 bits per heavy atom. The summed E-state index contributed by atoms with van der Waals surface area (Å²) in [6.07, 6.45) is 1.30. The van der Waals surface area contributed by atoms with Gasteiger partial charge in [0.2, 0.25) is 0 Å². The highest BCUT2D eigenvalue weighted by Crippen LogP contribution is 2.15. The van der Waals surface area contributed by atoms with E-state index in [9.17, 15) is 4.79 Å². The highest BCUT2D eigenvalue weighted by atomic mass is 16.5. The summed E-state index contributed by atoms with van der Waals surface area (Å²) >= 11 is 0. The maximum atomic E-state index is 12.1. The summed E-state index contributed by atoms with van der Waals surface area (Å²) in [6.45, 7) is 7.01. The molecule has 0 bridgehead atoms. The number of rotatable bonds is 7. The van der Waals surface area contributed by atoms with E-state index in [2.05, 4.69) is 13.8 Å². The zero-order chi connectivity index (χ0) is 15.9. The van der Waals surface area contributed by atoms with E-state index in [1.807, 2.05) is 55.5 Å². The Kier molecular flexibility index (Phi) is 5.76. The molecular formula is C20H24O2. The number of Topliss-reactive ketones (excluding diaryl/α,β-unsaturated/α-hetero) is 1. The first-order valence-corrected chi connectivity index (χ1v) is 7.86. The minimum absolute atomic E-state index is 0.195. The average Bonchev–Trinajstić information content (AvgIpc) is 2.52. The summed E-state index contributed by atoms with van der Waals surface area (Å²) in [4.78, 5) is 12.1.